The van der Waals surface area contributed by atoms with E-state index >= 15 is 0 Å². The highest BCUT2D eigenvalue weighted by Gasteiger charge is 2.39. The number of fused-ring (bicyclic) bond motifs is 1. The SMILES string of the molecule is COc1ccc(C2NNC(=O)C2n2c(C)nc3ccccc3c2=O)cc1OC. The molecule has 0 bridgehead atoms. The highest BCUT2D eigenvalue weighted by atomic mass is 16.5. The van der Waals surface area contributed by atoms with E-state index in [1.807, 2.05) is 12.1 Å². The van der Waals surface area contributed by atoms with Gasteiger partial charge in [-0.25, -0.2) is 10.4 Å². The van der Waals surface area contributed by atoms with Crippen LogP contribution in [0.3, 0.4) is 0 Å². The monoisotopic (exact) mass is 380 g/mol. The number of hydrazine groups is 1. The van der Waals surface area contributed by atoms with Crippen molar-refractivity contribution in [1.82, 2.24) is 20.4 Å². The molecule has 0 saturated carbocycles. The van der Waals surface area contributed by atoms with Gasteiger partial charge in [-0.15, -0.1) is 0 Å². The molecule has 1 saturated heterocycles. The third-order valence-corrected chi connectivity index (χ3v) is 4.96. The summed E-state index contributed by atoms with van der Waals surface area (Å²) in [5.41, 5.74) is 6.75. The maximum absolute atomic E-state index is 13.2. The van der Waals surface area contributed by atoms with Crippen LogP contribution in [-0.4, -0.2) is 29.7 Å². The van der Waals surface area contributed by atoms with E-state index in [0.29, 0.717) is 28.2 Å². The zero-order valence-corrected chi connectivity index (χ0v) is 15.7. The van der Waals surface area contributed by atoms with Crippen molar-refractivity contribution in [2.75, 3.05) is 14.2 Å². The number of hydrogen-bond acceptors (Lipinski definition) is 6. The standard InChI is InChI=1S/C20H20N4O4/c1-11-21-14-7-5-4-6-13(14)20(26)24(11)18-17(22-23-19(18)25)12-8-9-15(27-2)16(10-12)28-3/h4-10,17-18,22H,1-3H3,(H,23,25). The van der Waals surface area contributed by atoms with Gasteiger partial charge in [0.2, 0.25) is 0 Å². The van der Waals surface area contributed by atoms with Crippen molar-refractivity contribution >= 4 is 16.8 Å². The first-order valence-corrected chi connectivity index (χ1v) is 8.80. The van der Waals surface area contributed by atoms with E-state index in [9.17, 15) is 9.59 Å². The van der Waals surface area contributed by atoms with Gasteiger partial charge in [-0.3, -0.25) is 19.6 Å². The molecule has 2 heterocycles. The average Bonchev–Trinajstić information content (AvgIpc) is 3.08. The molecule has 0 radical (unpaired) electrons. The van der Waals surface area contributed by atoms with E-state index < -0.39 is 12.1 Å². The van der Waals surface area contributed by atoms with E-state index in [2.05, 4.69) is 15.8 Å². The van der Waals surface area contributed by atoms with Crippen molar-refractivity contribution in [3.8, 4) is 11.5 Å². The second kappa shape index (κ2) is 6.97. The molecule has 4 rings (SSSR count). The number of para-hydroxylation sites is 1. The number of nitrogens with zero attached hydrogens (tertiary/aromatic N) is 2. The Hall–Kier alpha value is -3.39. The van der Waals surface area contributed by atoms with Crippen LogP contribution >= 0.6 is 0 Å². The summed E-state index contributed by atoms with van der Waals surface area (Å²) >= 11 is 0. The number of nitrogens with one attached hydrogen (secondary N) is 2. The minimum atomic E-state index is -0.789. The third-order valence-electron chi connectivity index (χ3n) is 4.96. The fraction of sp³-hybridized carbons (Fsp3) is 0.250. The third kappa shape index (κ3) is 2.78. The van der Waals surface area contributed by atoms with Crippen LogP contribution in [0.1, 0.15) is 23.5 Å². The fourth-order valence-electron chi connectivity index (χ4n) is 3.62. The predicted molar refractivity (Wildman–Crippen MR) is 103 cm³/mol. The van der Waals surface area contributed by atoms with Gasteiger partial charge in [0.05, 0.1) is 31.2 Å². The number of aryl methyl sites for hydroxylation is 1. The van der Waals surface area contributed by atoms with Crippen molar-refractivity contribution in [3.63, 3.8) is 0 Å². The minimum Gasteiger partial charge on any atom is -0.493 e. The molecule has 3 aromatic rings. The Morgan fingerprint density at radius 2 is 1.79 bits per heavy atom. The number of carbonyl (C=O) groups excluding carboxylic acids is 1. The number of carbonyl (C=O) groups is 1. The molecule has 1 amide bonds. The Bertz CT molecular complexity index is 1120. The average molecular weight is 380 g/mol. The summed E-state index contributed by atoms with van der Waals surface area (Å²) in [4.78, 5) is 30.3. The summed E-state index contributed by atoms with van der Waals surface area (Å²) < 4.78 is 12.1. The van der Waals surface area contributed by atoms with Crippen LogP contribution in [0.2, 0.25) is 0 Å². The lowest BCUT2D eigenvalue weighted by molar-refractivity contribution is -0.122. The van der Waals surface area contributed by atoms with Crippen molar-refractivity contribution in [1.29, 1.82) is 0 Å². The largest absolute Gasteiger partial charge is 0.493 e. The van der Waals surface area contributed by atoms with Crippen LogP contribution in [0.15, 0.2) is 47.3 Å². The number of rotatable bonds is 4. The van der Waals surface area contributed by atoms with Crippen LogP contribution < -0.4 is 25.9 Å². The normalized spacial score (nSPS) is 18.9. The number of methoxy groups -OCH3 is 2. The molecule has 1 aliphatic rings. The van der Waals surface area contributed by atoms with Gasteiger partial charge in [-0.05, 0) is 36.8 Å². The summed E-state index contributed by atoms with van der Waals surface area (Å²) in [7, 11) is 3.11. The van der Waals surface area contributed by atoms with E-state index in [4.69, 9.17) is 9.47 Å². The molecule has 8 heteroatoms. The molecule has 1 aliphatic heterocycles. The van der Waals surface area contributed by atoms with Crippen LogP contribution in [0.5, 0.6) is 11.5 Å². The molecule has 0 aliphatic carbocycles. The van der Waals surface area contributed by atoms with Gasteiger partial charge >= 0.3 is 0 Å². The van der Waals surface area contributed by atoms with Gasteiger partial charge < -0.3 is 9.47 Å². The number of ether oxygens (including phenoxy) is 2. The molecule has 28 heavy (non-hydrogen) atoms. The molecule has 2 unspecified atom stereocenters. The quantitative estimate of drug-likeness (QED) is 0.715. The van der Waals surface area contributed by atoms with Gasteiger partial charge in [-0.2, -0.15) is 0 Å². The highest BCUT2D eigenvalue weighted by molar-refractivity contribution is 5.84. The van der Waals surface area contributed by atoms with Gasteiger partial charge in [0, 0.05) is 0 Å². The van der Waals surface area contributed by atoms with E-state index in [0.717, 1.165) is 5.56 Å². The molecule has 2 aromatic carbocycles. The molecule has 2 N–H and O–H groups in total. The minimum absolute atomic E-state index is 0.252. The molecular formula is C20H20N4O4. The van der Waals surface area contributed by atoms with E-state index in [1.165, 1.54) is 4.57 Å². The van der Waals surface area contributed by atoms with Crippen LogP contribution in [0, 0.1) is 6.92 Å². The lowest BCUT2D eigenvalue weighted by atomic mass is 9.99. The lowest BCUT2D eigenvalue weighted by Crippen LogP contribution is -2.34. The Balaban J connectivity index is 1.86. The first kappa shape index (κ1) is 18.0. The van der Waals surface area contributed by atoms with E-state index in [1.54, 1.807) is 51.5 Å². The second-order valence-electron chi connectivity index (χ2n) is 6.52. The lowest BCUT2D eigenvalue weighted by Gasteiger charge is -2.22. The zero-order valence-electron chi connectivity index (χ0n) is 15.7. The smallest absolute Gasteiger partial charge is 0.262 e. The first-order valence-electron chi connectivity index (χ1n) is 8.80. The van der Waals surface area contributed by atoms with Crippen molar-refractivity contribution in [3.05, 3.63) is 64.2 Å². The van der Waals surface area contributed by atoms with Gasteiger partial charge in [-0.1, -0.05) is 18.2 Å². The van der Waals surface area contributed by atoms with Crippen LogP contribution in [-0.2, 0) is 4.79 Å². The van der Waals surface area contributed by atoms with Gasteiger partial charge in [0.1, 0.15) is 11.9 Å². The van der Waals surface area contributed by atoms with Crippen LogP contribution in [0.25, 0.3) is 10.9 Å². The summed E-state index contributed by atoms with van der Waals surface area (Å²) in [5.74, 6) is 1.29. The molecule has 0 spiro atoms. The number of hydrogen-bond donors (Lipinski definition) is 2. The Morgan fingerprint density at radius 3 is 2.54 bits per heavy atom. The Labute approximate surface area is 161 Å². The first-order chi connectivity index (χ1) is 13.5. The highest BCUT2D eigenvalue weighted by Crippen LogP contribution is 2.35. The summed E-state index contributed by atoms with van der Waals surface area (Å²) in [5, 5.41) is 0.471. The molecule has 8 nitrogen and oxygen atoms in total. The number of aromatic nitrogens is 2. The van der Waals surface area contributed by atoms with Gasteiger partial charge in [0.25, 0.3) is 11.5 Å². The molecule has 1 fully saturated rings. The zero-order chi connectivity index (χ0) is 19.8. The Kier molecular flexibility index (Phi) is 4.48. The fourth-order valence-corrected chi connectivity index (χ4v) is 3.62. The summed E-state index contributed by atoms with van der Waals surface area (Å²) in [6, 6.07) is 11.2. The van der Waals surface area contributed by atoms with Crippen LogP contribution in [0.4, 0.5) is 0 Å². The summed E-state index contributed by atoms with van der Waals surface area (Å²) in [6.45, 7) is 1.73. The molecular weight excluding hydrogens is 360 g/mol. The number of amides is 1. The van der Waals surface area contributed by atoms with Crippen molar-refractivity contribution < 1.29 is 14.3 Å². The van der Waals surface area contributed by atoms with Crippen molar-refractivity contribution in [2.24, 2.45) is 0 Å². The second-order valence-corrected chi connectivity index (χ2v) is 6.52. The topological polar surface area (TPSA) is 94.5 Å². The maximum atomic E-state index is 13.2. The maximum Gasteiger partial charge on any atom is 0.262 e. The van der Waals surface area contributed by atoms with E-state index in [-0.39, 0.29) is 11.5 Å². The van der Waals surface area contributed by atoms with Crippen molar-refractivity contribution in [2.45, 2.75) is 19.0 Å². The number of benzene rings is 2. The predicted octanol–water partition coefficient (Wildman–Crippen LogP) is 1.64. The Morgan fingerprint density at radius 1 is 1.04 bits per heavy atom. The van der Waals surface area contributed by atoms with Gasteiger partial charge in [0.15, 0.2) is 11.5 Å². The molecule has 144 valence electrons. The molecule has 1 aromatic heterocycles. The molecule has 2 atom stereocenters. The summed E-state index contributed by atoms with van der Waals surface area (Å²) in [6.07, 6.45) is 0.